The fourth-order valence-corrected chi connectivity index (χ4v) is 7.64. The van der Waals surface area contributed by atoms with Crippen LogP contribution in [0.15, 0.2) is 17.3 Å². The van der Waals surface area contributed by atoms with E-state index >= 15 is 0 Å². The number of nitriles is 1. The molecular formula is C24H27ClN6O2S. The Morgan fingerprint density at radius 3 is 2.56 bits per heavy atom. The molecule has 34 heavy (non-hydrogen) atoms. The fraction of sp³-hybridized carbons (Fsp3) is 0.583. The van der Waals surface area contributed by atoms with Gasteiger partial charge in [-0.05, 0) is 43.9 Å². The topological polar surface area (TPSA) is 115 Å². The lowest BCUT2D eigenvalue weighted by molar-refractivity contribution is 0.144. The Kier molecular flexibility index (Phi) is 5.51. The van der Waals surface area contributed by atoms with Crippen molar-refractivity contribution in [3.63, 3.8) is 0 Å². The van der Waals surface area contributed by atoms with Gasteiger partial charge in [-0.15, -0.1) is 0 Å². The van der Waals surface area contributed by atoms with Crippen LogP contribution >= 0.6 is 11.6 Å². The minimum absolute atomic E-state index is 0.00104. The Morgan fingerprint density at radius 1 is 1.26 bits per heavy atom. The molecule has 2 N–H and O–H groups in total. The number of aryl methyl sites for hydroxylation is 1. The van der Waals surface area contributed by atoms with Crippen LogP contribution in [0.1, 0.15) is 55.1 Å². The standard InChI is InChI=1S/C24H27ClN6O2S/c25-17-9-27-22(28-10-17)14-6-15-11-31(12-16(15)7-14)23-18(8-26)20(30-24(13-32)3-1-4-24)21-19(29-23)2-5-34(21)33/h9-10,14-16,32H,1-7,11-13H2,(H,29,30)/t14?,15?,16?,34-/m1/s1. The number of aliphatic hydroxyl groups excluding tert-OH is 1. The van der Waals surface area contributed by atoms with Crippen molar-refractivity contribution in [2.75, 3.05) is 35.7 Å². The zero-order valence-electron chi connectivity index (χ0n) is 18.8. The van der Waals surface area contributed by atoms with E-state index < -0.39 is 16.3 Å². The van der Waals surface area contributed by atoms with Crippen LogP contribution < -0.4 is 10.2 Å². The Balaban J connectivity index is 1.29. The summed E-state index contributed by atoms with van der Waals surface area (Å²) in [6.45, 7) is 1.67. The molecule has 4 aliphatic rings. The minimum Gasteiger partial charge on any atom is -0.394 e. The number of anilines is 2. The quantitative estimate of drug-likeness (QED) is 0.646. The average Bonchev–Trinajstić information content (AvgIpc) is 3.49. The van der Waals surface area contributed by atoms with E-state index in [1.54, 1.807) is 12.4 Å². The Morgan fingerprint density at radius 2 is 1.97 bits per heavy atom. The van der Waals surface area contributed by atoms with E-state index in [4.69, 9.17) is 16.6 Å². The highest BCUT2D eigenvalue weighted by Gasteiger charge is 2.45. The highest BCUT2D eigenvalue weighted by Crippen LogP contribution is 2.48. The Bertz CT molecular complexity index is 1180. The number of aliphatic hydroxyl groups is 1. The molecule has 0 aromatic carbocycles. The summed E-state index contributed by atoms with van der Waals surface area (Å²) in [6.07, 6.45) is 8.72. The molecule has 2 aliphatic heterocycles. The second-order valence-corrected chi connectivity index (χ2v) is 12.1. The molecule has 3 fully saturated rings. The lowest BCUT2D eigenvalue weighted by atomic mass is 9.77. The molecule has 2 aromatic heterocycles. The maximum Gasteiger partial charge on any atom is 0.149 e. The van der Waals surface area contributed by atoms with Gasteiger partial charge in [0.1, 0.15) is 23.3 Å². The fourth-order valence-electron chi connectivity index (χ4n) is 6.17. The summed E-state index contributed by atoms with van der Waals surface area (Å²) >= 11 is 5.95. The van der Waals surface area contributed by atoms with Crippen LogP contribution in [-0.4, -0.2) is 55.3 Å². The molecule has 2 saturated carbocycles. The highest BCUT2D eigenvalue weighted by molar-refractivity contribution is 7.85. The van der Waals surface area contributed by atoms with E-state index in [2.05, 4.69) is 26.3 Å². The summed E-state index contributed by atoms with van der Waals surface area (Å²) in [5.74, 6) is 3.41. The van der Waals surface area contributed by atoms with E-state index in [0.29, 0.717) is 56.9 Å². The van der Waals surface area contributed by atoms with E-state index in [-0.39, 0.29) is 6.61 Å². The van der Waals surface area contributed by atoms with Gasteiger partial charge >= 0.3 is 0 Å². The number of pyridine rings is 1. The first kappa shape index (κ1) is 22.2. The first-order chi connectivity index (χ1) is 16.5. The largest absolute Gasteiger partial charge is 0.394 e. The van der Waals surface area contributed by atoms with Crippen molar-refractivity contribution < 1.29 is 9.32 Å². The summed E-state index contributed by atoms with van der Waals surface area (Å²) in [5.41, 5.74) is 1.49. The predicted octanol–water partition coefficient (Wildman–Crippen LogP) is 3.02. The normalized spacial score (nSPS) is 28.8. The molecule has 2 aliphatic carbocycles. The third-order valence-corrected chi connectivity index (χ3v) is 9.79. The van der Waals surface area contributed by atoms with Gasteiger partial charge in [0.25, 0.3) is 0 Å². The molecule has 2 unspecified atom stereocenters. The molecule has 1 saturated heterocycles. The molecule has 0 amide bonds. The summed E-state index contributed by atoms with van der Waals surface area (Å²) in [4.78, 5) is 16.7. The first-order valence-electron chi connectivity index (χ1n) is 12.0. The SMILES string of the molecule is N#Cc1c(N2CC3CC(c4ncc(Cl)cn4)CC3C2)nc2c(c1NC1(CO)CCC1)[S@](=O)CC2. The van der Waals surface area contributed by atoms with Crippen LogP contribution in [0.4, 0.5) is 11.5 Å². The number of aromatic nitrogens is 3. The number of hydrogen-bond acceptors (Lipinski definition) is 8. The number of fused-ring (bicyclic) bond motifs is 2. The molecule has 8 nitrogen and oxygen atoms in total. The van der Waals surface area contributed by atoms with E-state index in [1.165, 1.54) is 0 Å². The molecule has 4 heterocycles. The van der Waals surface area contributed by atoms with Gasteiger partial charge in [-0.25, -0.2) is 15.0 Å². The second kappa shape index (κ2) is 8.43. The summed E-state index contributed by atoms with van der Waals surface area (Å²) in [6, 6.07) is 2.38. The van der Waals surface area contributed by atoms with Gasteiger partial charge in [-0.1, -0.05) is 11.6 Å². The van der Waals surface area contributed by atoms with Crippen LogP contribution in [0.5, 0.6) is 0 Å². The summed E-state index contributed by atoms with van der Waals surface area (Å²) < 4.78 is 12.8. The number of halogens is 1. The van der Waals surface area contributed by atoms with Gasteiger partial charge in [0.2, 0.25) is 0 Å². The van der Waals surface area contributed by atoms with E-state index in [1.807, 2.05) is 0 Å². The first-order valence-corrected chi connectivity index (χ1v) is 13.7. The lowest BCUT2D eigenvalue weighted by Crippen LogP contribution is -2.48. The van der Waals surface area contributed by atoms with Crippen LogP contribution in [0.3, 0.4) is 0 Å². The maximum atomic E-state index is 12.8. The molecule has 178 valence electrons. The highest BCUT2D eigenvalue weighted by atomic mass is 35.5. The number of nitrogens with one attached hydrogen (secondary N) is 1. The van der Waals surface area contributed by atoms with Crippen LogP contribution in [0.2, 0.25) is 5.02 Å². The molecule has 2 aromatic rings. The van der Waals surface area contributed by atoms with Crippen LogP contribution in [0.25, 0.3) is 0 Å². The number of hydrogen-bond donors (Lipinski definition) is 2. The molecular weight excluding hydrogens is 472 g/mol. The lowest BCUT2D eigenvalue weighted by Gasteiger charge is -2.42. The minimum atomic E-state index is -1.18. The van der Waals surface area contributed by atoms with Crippen molar-refractivity contribution >= 4 is 33.9 Å². The van der Waals surface area contributed by atoms with Crippen molar-refractivity contribution in [3.05, 3.63) is 34.5 Å². The van der Waals surface area contributed by atoms with Crippen molar-refractivity contribution in [2.45, 2.75) is 54.9 Å². The van der Waals surface area contributed by atoms with Crippen molar-refractivity contribution in [1.82, 2.24) is 15.0 Å². The van der Waals surface area contributed by atoms with Gasteiger partial charge in [-0.2, -0.15) is 5.26 Å². The van der Waals surface area contributed by atoms with Gasteiger partial charge in [-0.3, -0.25) is 4.21 Å². The van der Waals surface area contributed by atoms with Gasteiger partial charge in [0.05, 0.1) is 44.2 Å². The molecule has 10 heteroatoms. The molecule has 3 atom stereocenters. The predicted molar refractivity (Wildman–Crippen MR) is 129 cm³/mol. The zero-order valence-corrected chi connectivity index (χ0v) is 20.4. The molecule has 0 spiro atoms. The third kappa shape index (κ3) is 3.58. The van der Waals surface area contributed by atoms with E-state index in [9.17, 15) is 14.6 Å². The van der Waals surface area contributed by atoms with E-state index in [0.717, 1.165) is 56.7 Å². The molecule has 0 radical (unpaired) electrons. The molecule has 6 rings (SSSR count). The number of rotatable bonds is 5. The van der Waals surface area contributed by atoms with Crippen molar-refractivity contribution in [1.29, 1.82) is 5.26 Å². The molecule has 0 bridgehead atoms. The number of nitrogens with zero attached hydrogens (tertiary/aromatic N) is 5. The third-order valence-electron chi connectivity index (χ3n) is 8.13. The van der Waals surface area contributed by atoms with Gasteiger partial charge in [0.15, 0.2) is 0 Å². The van der Waals surface area contributed by atoms with Crippen molar-refractivity contribution in [3.8, 4) is 6.07 Å². The second-order valence-electron chi connectivity index (χ2n) is 10.1. The van der Waals surface area contributed by atoms with Crippen LogP contribution in [-0.2, 0) is 17.2 Å². The Labute approximate surface area is 206 Å². The zero-order chi connectivity index (χ0) is 23.4. The monoisotopic (exact) mass is 498 g/mol. The van der Waals surface area contributed by atoms with Crippen LogP contribution in [0, 0.1) is 23.2 Å². The smallest absolute Gasteiger partial charge is 0.149 e. The maximum absolute atomic E-state index is 12.8. The summed E-state index contributed by atoms with van der Waals surface area (Å²) in [5, 5.41) is 24.3. The van der Waals surface area contributed by atoms with Gasteiger partial charge in [0, 0.05) is 43.6 Å². The van der Waals surface area contributed by atoms with Gasteiger partial charge < -0.3 is 15.3 Å². The average molecular weight is 499 g/mol. The Hall–Kier alpha value is -2.28. The van der Waals surface area contributed by atoms with Crippen molar-refractivity contribution in [2.24, 2.45) is 11.8 Å². The summed E-state index contributed by atoms with van der Waals surface area (Å²) in [7, 11) is -1.18.